The summed E-state index contributed by atoms with van der Waals surface area (Å²) in [5, 5.41) is 6.08. The number of ether oxygens (including phenoxy) is 2. The average molecular weight is 761 g/mol. The molecule has 53 heavy (non-hydrogen) atoms. The molecule has 0 spiro atoms. The van der Waals surface area contributed by atoms with Crippen molar-refractivity contribution in [1.82, 2.24) is 29.8 Å². The molecular formula is C38H44N6O7S2. The lowest BCUT2D eigenvalue weighted by atomic mass is 9.97. The lowest BCUT2D eigenvalue weighted by molar-refractivity contribution is -0.133. The van der Waals surface area contributed by atoms with Gasteiger partial charge < -0.3 is 24.6 Å². The van der Waals surface area contributed by atoms with Crippen LogP contribution in [0.2, 0.25) is 0 Å². The van der Waals surface area contributed by atoms with Crippen molar-refractivity contribution < 1.29 is 32.3 Å². The first-order valence-corrected chi connectivity index (χ1v) is 20.3. The first kappa shape index (κ1) is 36.7. The van der Waals surface area contributed by atoms with Crippen molar-refractivity contribution in [2.45, 2.75) is 87.6 Å². The van der Waals surface area contributed by atoms with Gasteiger partial charge in [0.25, 0.3) is 5.91 Å². The van der Waals surface area contributed by atoms with E-state index in [1.54, 1.807) is 36.3 Å². The molecule has 2 saturated carbocycles. The zero-order chi connectivity index (χ0) is 37.7. The zero-order valence-corrected chi connectivity index (χ0v) is 31.9. The normalized spacial score (nSPS) is 26.3. The molecule has 13 nitrogen and oxygen atoms in total. The summed E-state index contributed by atoms with van der Waals surface area (Å²) in [5.74, 6) is 2.07. The molecule has 2 N–H and O–H groups in total. The Morgan fingerprint density at radius 2 is 1.96 bits per heavy atom. The molecule has 3 aromatic rings. The number of hydrogen-bond donors (Lipinski definition) is 2. The minimum atomic E-state index is -3.95. The summed E-state index contributed by atoms with van der Waals surface area (Å²) in [6, 6.07) is 4.25. The van der Waals surface area contributed by atoms with Gasteiger partial charge in [-0.15, -0.1) is 17.8 Å². The van der Waals surface area contributed by atoms with Gasteiger partial charge in [-0.25, -0.2) is 23.2 Å². The summed E-state index contributed by atoms with van der Waals surface area (Å²) in [4.78, 5) is 54.7. The Kier molecular flexibility index (Phi) is 9.65. The third-order valence-corrected chi connectivity index (χ3v) is 14.1. The largest absolute Gasteiger partial charge is 0.496 e. The Labute approximate surface area is 313 Å². The predicted octanol–water partition coefficient (Wildman–Crippen LogP) is 4.53. The molecule has 2 aromatic heterocycles. The van der Waals surface area contributed by atoms with Crippen LogP contribution in [0.1, 0.15) is 69.5 Å². The molecule has 0 radical (unpaired) electrons. The Bertz CT molecular complexity index is 2160. The first-order valence-electron chi connectivity index (χ1n) is 17.9. The van der Waals surface area contributed by atoms with Gasteiger partial charge in [0.1, 0.15) is 45.6 Å². The van der Waals surface area contributed by atoms with E-state index in [9.17, 15) is 22.8 Å². The number of pyridine rings is 1. The minimum Gasteiger partial charge on any atom is -0.496 e. The summed E-state index contributed by atoms with van der Waals surface area (Å²) in [7, 11) is -0.629. The molecule has 1 saturated heterocycles. The number of terminal acetylenes is 1. The number of aryl methyl sites for hydroxylation is 1. The van der Waals surface area contributed by atoms with Gasteiger partial charge >= 0.3 is 6.03 Å². The number of urea groups is 1. The number of fused-ring (bicyclic) bond motifs is 3. The van der Waals surface area contributed by atoms with Crippen LogP contribution in [-0.2, 0) is 19.6 Å². The van der Waals surface area contributed by atoms with Crippen LogP contribution in [0.3, 0.4) is 0 Å². The number of allylic oxidation sites excluding steroid dienone is 1. The third-order valence-electron chi connectivity index (χ3n) is 11.0. The number of benzene rings is 1. The van der Waals surface area contributed by atoms with Crippen LogP contribution in [0.25, 0.3) is 21.6 Å². The van der Waals surface area contributed by atoms with Crippen molar-refractivity contribution in [2.24, 2.45) is 5.92 Å². The highest BCUT2D eigenvalue weighted by Gasteiger charge is 2.63. The van der Waals surface area contributed by atoms with E-state index in [1.807, 2.05) is 37.3 Å². The molecule has 4 amide bonds. The highest BCUT2D eigenvalue weighted by Crippen LogP contribution is 2.47. The number of piperidine rings is 1. The minimum absolute atomic E-state index is 0.132. The van der Waals surface area contributed by atoms with Crippen LogP contribution >= 0.6 is 11.3 Å². The fourth-order valence-electron chi connectivity index (χ4n) is 7.21. The van der Waals surface area contributed by atoms with Crippen molar-refractivity contribution in [2.75, 3.05) is 27.2 Å². The monoisotopic (exact) mass is 760 g/mol. The van der Waals surface area contributed by atoms with Gasteiger partial charge in [-0.1, -0.05) is 12.2 Å². The van der Waals surface area contributed by atoms with Gasteiger partial charge in [-0.3, -0.25) is 14.3 Å². The molecule has 1 aromatic carbocycles. The Balaban J connectivity index is 1.21. The molecule has 2 aliphatic carbocycles. The predicted molar refractivity (Wildman–Crippen MR) is 201 cm³/mol. The van der Waals surface area contributed by atoms with E-state index in [-0.39, 0.29) is 31.3 Å². The summed E-state index contributed by atoms with van der Waals surface area (Å²) in [6.07, 6.45) is 13.0. The second-order valence-corrected chi connectivity index (χ2v) is 17.8. The number of aromatic nitrogens is 2. The van der Waals surface area contributed by atoms with E-state index >= 15 is 0 Å². The van der Waals surface area contributed by atoms with Gasteiger partial charge in [0.2, 0.25) is 15.9 Å². The van der Waals surface area contributed by atoms with Crippen LogP contribution in [0.5, 0.6) is 11.5 Å². The van der Waals surface area contributed by atoms with Crippen molar-refractivity contribution in [1.29, 1.82) is 0 Å². The lowest BCUT2D eigenvalue weighted by Gasteiger charge is -2.40. The van der Waals surface area contributed by atoms with Crippen LogP contribution in [0.4, 0.5) is 4.79 Å². The van der Waals surface area contributed by atoms with Crippen molar-refractivity contribution in [3.05, 3.63) is 47.0 Å². The molecule has 2 aliphatic heterocycles. The van der Waals surface area contributed by atoms with Crippen LogP contribution in [0, 0.1) is 25.2 Å². The number of carbonyl (C=O) groups excluding carboxylic acids is 3. The van der Waals surface area contributed by atoms with Gasteiger partial charge in [0.05, 0.1) is 17.4 Å². The zero-order valence-electron chi connectivity index (χ0n) is 30.3. The Morgan fingerprint density at radius 1 is 1.17 bits per heavy atom. The number of amides is 4. The molecule has 7 rings (SSSR count). The van der Waals surface area contributed by atoms with E-state index in [2.05, 4.69) is 20.9 Å². The highest BCUT2D eigenvalue weighted by atomic mass is 32.2. The molecule has 3 fully saturated rings. The van der Waals surface area contributed by atoms with Crippen molar-refractivity contribution in [3.63, 3.8) is 0 Å². The second kappa shape index (κ2) is 13.9. The smallest absolute Gasteiger partial charge is 0.320 e. The number of nitrogens with zero attached hydrogens (tertiary/aromatic N) is 4. The molecule has 0 bridgehead atoms. The fraction of sp³-hybridized carbons (Fsp3) is 0.500. The quantitative estimate of drug-likeness (QED) is 0.261. The number of methoxy groups -OCH3 is 1. The number of nitrogens with one attached hydrogen (secondary N) is 2. The summed E-state index contributed by atoms with van der Waals surface area (Å²) in [5.41, 5.74) is 1.08. The van der Waals surface area contributed by atoms with E-state index in [0.717, 1.165) is 30.2 Å². The van der Waals surface area contributed by atoms with Crippen molar-refractivity contribution in [3.8, 4) is 34.5 Å². The van der Waals surface area contributed by atoms with Gasteiger partial charge in [0, 0.05) is 61.3 Å². The number of carbonyl (C=O) groups is 3. The number of hydrogen-bond acceptors (Lipinski definition) is 10. The molecule has 4 atom stereocenters. The van der Waals surface area contributed by atoms with Crippen molar-refractivity contribution >= 4 is 50.1 Å². The SMILES string of the molecule is C#Cc1csc(-c2cc(O[C@H]3CCN4C(=O)N(C)CCCC/C=C/[C@H]5C[C@]5(C(=O)NS(=O)(=O)C5(C)CC5)NC(=O)[C@@H]4C3)c3ccc(OC)c(C)c3n2)n1. The highest BCUT2D eigenvalue weighted by molar-refractivity contribution is 7.91. The maximum absolute atomic E-state index is 14.4. The lowest BCUT2D eigenvalue weighted by Crippen LogP contribution is -2.61. The molecule has 4 heterocycles. The van der Waals surface area contributed by atoms with E-state index in [4.69, 9.17) is 20.9 Å². The Morgan fingerprint density at radius 3 is 2.68 bits per heavy atom. The summed E-state index contributed by atoms with van der Waals surface area (Å²) >= 11 is 1.37. The molecule has 4 aliphatic rings. The molecule has 15 heteroatoms. The van der Waals surface area contributed by atoms with Crippen LogP contribution in [0.15, 0.2) is 35.7 Å². The maximum Gasteiger partial charge on any atom is 0.320 e. The Hall–Kier alpha value is -4.68. The number of sulfonamides is 1. The fourth-order valence-corrected chi connectivity index (χ4v) is 9.25. The third kappa shape index (κ3) is 6.94. The summed E-state index contributed by atoms with van der Waals surface area (Å²) < 4.78 is 39.8. The van der Waals surface area contributed by atoms with Gasteiger partial charge in [-0.05, 0) is 70.4 Å². The average Bonchev–Trinajstić information content (AvgIpc) is 4.01. The molecule has 280 valence electrons. The van der Waals surface area contributed by atoms with E-state index in [0.29, 0.717) is 59.2 Å². The van der Waals surface area contributed by atoms with Crippen LogP contribution < -0.4 is 19.5 Å². The maximum atomic E-state index is 14.4. The number of thiazole rings is 1. The topological polar surface area (TPSA) is 160 Å². The van der Waals surface area contributed by atoms with E-state index < -0.39 is 44.3 Å². The summed E-state index contributed by atoms with van der Waals surface area (Å²) in [6.45, 7) is 4.27. The van der Waals surface area contributed by atoms with E-state index in [1.165, 1.54) is 11.3 Å². The first-order chi connectivity index (χ1) is 25.3. The molecular weight excluding hydrogens is 717 g/mol. The number of rotatable bonds is 7. The molecule has 0 unspecified atom stereocenters. The van der Waals surface area contributed by atoms with Gasteiger partial charge in [-0.2, -0.15) is 0 Å². The second-order valence-electron chi connectivity index (χ2n) is 14.7. The standard InChI is InChI=1S/C38H44N6O7S2/c1-6-25-22-52-34(39-25)28-20-31(27-12-13-30(50-5)23(2)32(27)40-28)51-26-14-18-44-29(19-26)33(45)41-38(35(46)42-53(48,49)37(3)15-16-37)21-24(38)11-9-7-8-10-17-43(4)36(44)47/h1,9,11-13,20,22,24,26,29H,7-8,10,14-19,21H2,2-5H3,(H,41,45)(H,42,46)/b11-9+/t24-,26-,29-,38-/m0/s1. The van der Waals surface area contributed by atoms with Crippen LogP contribution in [-0.4, -0.2) is 95.7 Å². The van der Waals surface area contributed by atoms with Gasteiger partial charge in [0.15, 0.2) is 0 Å².